The molecule has 1 heterocycles. The Labute approximate surface area is 209 Å². The zero-order valence-corrected chi connectivity index (χ0v) is 20.2. The van der Waals surface area contributed by atoms with E-state index in [0.717, 1.165) is 23.9 Å². The van der Waals surface area contributed by atoms with Gasteiger partial charge in [-0.2, -0.15) is 13.2 Å². The summed E-state index contributed by atoms with van der Waals surface area (Å²) in [6.45, 7) is 4.41. The molecule has 0 bridgehead atoms. The monoisotopic (exact) mass is 519 g/mol. The summed E-state index contributed by atoms with van der Waals surface area (Å²) in [4.78, 5) is 24.6. The molecule has 0 saturated carbocycles. The molecular formula is C24H24F3N5O3S. The van der Waals surface area contributed by atoms with Crippen molar-refractivity contribution in [1.82, 2.24) is 20.1 Å². The molecule has 1 aromatic heterocycles. The van der Waals surface area contributed by atoms with E-state index >= 15 is 0 Å². The molecule has 2 amide bonds. The first kappa shape index (κ1) is 26.8. The molecule has 8 nitrogen and oxygen atoms in total. The van der Waals surface area contributed by atoms with Gasteiger partial charge in [0.15, 0.2) is 5.16 Å². The molecule has 0 spiro atoms. The fourth-order valence-corrected chi connectivity index (χ4v) is 3.92. The van der Waals surface area contributed by atoms with Gasteiger partial charge in [0, 0.05) is 30.8 Å². The van der Waals surface area contributed by atoms with Crippen LogP contribution in [0.25, 0.3) is 0 Å². The van der Waals surface area contributed by atoms with Gasteiger partial charge in [0.25, 0.3) is 5.91 Å². The van der Waals surface area contributed by atoms with E-state index in [4.69, 9.17) is 4.74 Å². The first-order valence-corrected chi connectivity index (χ1v) is 11.7. The van der Waals surface area contributed by atoms with Gasteiger partial charge in [-0.15, -0.1) is 16.8 Å². The lowest BCUT2D eigenvalue weighted by atomic mass is 10.2. The standard InChI is InChI=1S/C24H24F3N5O3S/c1-3-13-32-20(11-12-28-22(34)16-7-9-19(35-2)10-8-16)30-31-23(32)36-15-21(33)29-18-6-4-5-17(14-18)24(25,26)27/h3-10,14H,1,11-13,15H2,2H3,(H,28,34)(H,29,33). The Hall–Kier alpha value is -3.80. The number of allylic oxidation sites excluding steroid dienone is 1. The zero-order valence-electron chi connectivity index (χ0n) is 19.3. The number of thioether (sulfide) groups is 1. The van der Waals surface area contributed by atoms with Crippen LogP contribution in [0.4, 0.5) is 18.9 Å². The van der Waals surface area contributed by atoms with E-state index in [2.05, 4.69) is 27.4 Å². The van der Waals surface area contributed by atoms with Crippen LogP contribution in [0.15, 0.2) is 66.3 Å². The highest BCUT2D eigenvalue weighted by atomic mass is 32.2. The minimum Gasteiger partial charge on any atom is -0.497 e. The molecule has 36 heavy (non-hydrogen) atoms. The number of nitrogens with one attached hydrogen (secondary N) is 2. The van der Waals surface area contributed by atoms with Gasteiger partial charge in [0.2, 0.25) is 5.91 Å². The topological polar surface area (TPSA) is 98.1 Å². The van der Waals surface area contributed by atoms with Gasteiger partial charge in [-0.05, 0) is 42.5 Å². The number of amides is 2. The van der Waals surface area contributed by atoms with E-state index in [1.165, 1.54) is 12.1 Å². The van der Waals surface area contributed by atoms with Crippen LogP contribution in [0, 0.1) is 0 Å². The van der Waals surface area contributed by atoms with E-state index in [9.17, 15) is 22.8 Å². The summed E-state index contributed by atoms with van der Waals surface area (Å²) < 4.78 is 45.5. The molecule has 0 aliphatic heterocycles. The van der Waals surface area contributed by atoms with Gasteiger partial charge >= 0.3 is 6.18 Å². The molecule has 3 aromatic rings. The summed E-state index contributed by atoms with van der Waals surface area (Å²) >= 11 is 1.09. The minimum absolute atomic E-state index is 0.0521. The highest BCUT2D eigenvalue weighted by Crippen LogP contribution is 2.30. The van der Waals surface area contributed by atoms with Crippen LogP contribution in [-0.2, 0) is 23.9 Å². The van der Waals surface area contributed by atoms with E-state index in [-0.39, 0.29) is 17.3 Å². The van der Waals surface area contributed by atoms with Crippen LogP contribution < -0.4 is 15.4 Å². The number of alkyl halides is 3. The van der Waals surface area contributed by atoms with Crippen molar-refractivity contribution in [1.29, 1.82) is 0 Å². The van der Waals surface area contributed by atoms with Crippen molar-refractivity contribution in [3.05, 3.63) is 78.1 Å². The summed E-state index contributed by atoms with van der Waals surface area (Å²) in [6, 6.07) is 11.1. The number of hydrogen-bond donors (Lipinski definition) is 2. The van der Waals surface area contributed by atoms with Gasteiger partial charge in [-0.25, -0.2) is 0 Å². The molecule has 190 valence electrons. The number of aromatic nitrogens is 3. The SMILES string of the molecule is C=CCn1c(CCNC(=O)c2ccc(OC)cc2)nnc1SCC(=O)Nc1cccc(C(F)(F)F)c1. The highest BCUT2D eigenvalue weighted by molar-refractivity contribution is 7.99. The van der Waals surface area contributed by atoms with Gasteiger partial charge in [0.05, 0.1) is 18.4 Å². The van der Waals surface area contributed by atoms with Crippen molar-refractivity contribution < 1.29 is 27.5 Å². The molecule has 0 saturated heterocycles. The number of nitrogens with zero attached hydrogens (tertiary/aromatic N) is 3. The third kappa shape index (κ3) is 7.35. The summed E-state index contributed by atoms with van der Waals surface area (Å²) in [7, 11) is 1.55. The Morgan fingerprint density at radius 2 is 1.92 bits per heavy atom. The molecule has 0 atom stereocenters. The molecule has 0 radical (unpaired) electrons. The van der Waals surface area contributed by atoms with Crippen molar-refractivity contribution in [2.75, 3.05) is 24.7 Å². The number of hydrogen-bond acceptors (Lipinski definition) is 6. The molecule has 0 unspecified atom stereocenters. The second-order valence-electron chi connectivity index (χ2n) is 7.45. The molecular weight excluding hydrogens is 495 g/mol. The normalized spacial score (nSPS) is 11.1. The second-order valence-corrected chi connectivity index (χ2v) is 8.39. The lowest BCUT2D eigenvalue weighted by Gasteiger charge is -2.10. The number of benzene rings is 2. The third-order valence-electron chi connectivity index (χ3n) is 4.90. The lowest BCUT2D eigenvalue weighted by molar-refractivity contribution is -0.137. The summed E-state index contributed by atoms with van der Waals surface area (Å²) in [5, 5.41) is 14.0. The fraction of sp³-hybridized carbons (Fsp3) is 0.250. The smallest absolute Gasteiger partial charge is 0.416 e. The molecule has 2 aromatic carbocycles. The van der Waals surface area contributed by atoms with E-state index in [1.54, 1.807) is 42.0 Å². The number of rotatable bonds is 11. The van der Waals surface area contributed by atoms with Gasteiger partial charge in [0.1, 0.15) is 11.6 Å². The van der Waals surface area contributed by atoms with Crippen molar-refractivity contribution >= 4 is 29.3 Å². The van der Waals surface area contributed by atoms with Crippen LogP contribution in [0.1, 0.15) is 21.7 Å². The number of carbonyl (C=O) groups excluding carboxylic acids is 2. The Kier molecular flexibility index (Phi) is 9.12. The van der Waals surface area contributed by atoms with Crippen molar-refractivity contribution in [2.45, 2.75) is 24.3 Å². The van der Waals surface area contributed by atoms with Crippen molar-refractivity contribution in [3.63, 3.8) is 0 Å². The van der Waals surface area contributed by atoms with Gasteiger partial charge < -0.3 is 19.9 Å². The van der Waals surface area contributed by atoms with E-state index in [0.29, 0.717) is 41.8 Å². The summed E-state index contributed by atoms with van der Waals surface area (Å²) in [6.07, 6.45) is -2.46. The van der Waals surface area contributed by atoms with Crippen LogP contribution >= 0.6 is 11.8 Å². The first-order valence-electron chi connectivity index (χ1n) is 10.8. The van der Waals surface area contributed by atoms with Crippen molar-refractivity contribution in [3.8, 4) is 5.75 Å². The number of methoxy groups -OCH3 is 1. The third-order valence-corrected chi connectivity index (χ3v) is 5.86. The van der Waals surface area contributed by atoms with Crippen LogP contribution in [-0.4, -0.2) is 46.0 Å². The molecule has 3 rings (SSSR count). The second kappa shape index (κ2) is 12.2. The Balaban J connectivity index is 1.55. The lowest BCUT2D eigenvalue weighted by Crippen LogP contribution is -2.26. The Morgan fingerprint density at radius 1 is 1.17 bits per heavy atom. The van der Waals surface area contributed by atoms with Crippen LogP contribution in [0.3, 0.4) is 0 Å². The molecule has 0 fully saturated rings. The molecule has 0 aliphatic carbocycles. The maximum absolute atomic E-state index is 12.9. The largest absolute Gasteiger partial charge is 0.497 e. The van der Waals surface area contributed by atoms with E-state index < -0.39 is 17.6 Å². The fourth-order valence-electron chi connectivity index (χ4n) is 3.16. The molecule has 2 N–H and O–H groups in total. The highest BCUT2D eigenvalue weighted by Gasteiger charge is 2.30. The summed E-state index contributed by atoms with van der Waals surface area (Å²) in [5.74, 6) is 0.428. The van der Waals surface area contributed by atoms with Crippen LogP contribution in [0.5, 0.6) is 5.75 Å². The maximum atomic E-state index is 12.9. The molecule has 0 aliphatic rings. The van der Waals surface area contributed by atoms with Crippen molar-refractivity contribution in [2.24, 2.45) is 0 Å². The minimum atomic E-state index is -4.50. The maximum Gasteiger partial charge on any atom is 0.416 e. The zero-order chi connectivity index (χ0) is 26.1. The average Bonchev–Trinajstić information content (AvgIpc) is 3.24. The summed E-state index contributed by atoms with van der Waals surface area (Å²) in [5.41, 5.74) is -0.301. The Bertz CT molecular complexity index is 1210. The number of halogens is 3. The first-order chi connectivity index (χ1) is 17.2. The van der Waals surface area contributed by atoms with Gasteiger partial charge in [-0.1, -0.05) is 23.9 Å². The van der Waals surface area contributed by atoms with Crippen LogP contribution in [0.2, 0.25) is 0 Å². The van der Waals surface area contributed by atoms with Gasteiger partial charge in [-0.3, -0.25) is 9.59 Å². The predicted octanol–water partition coefficient (Wildman–Crippen LogP) is 4.19. The Morgan fingerprint density at radius 3 is 2.58 bits per heavy atom. The predicted molar refractivity (Wildman–Crippen MR) is 130 cm³/mol. The quantitative estimate of drug-likeness (QED) is 0.291. The number of ether oxygens (including phenoxy) is 1. The van der Waals surface area contributed by atoms with E-state index in [1.807, 2.05) is 0 Å². The number of carbonyl (C=O) groups is 2. The average molecular weight is 520 g/mol. The molecule has 12 heteroatoms. The number of anilines is 1.